The zero-order chi connectivity index (χ0) is 15.2. The Kier molecular flexibility index (Phi) is 5.12. The minimum atomic E-state index is -0.295. The van der Waals surface area contributed by atoms with E-state index in [1.807, 2.05) is 25.1 Å². The Labute approximate surface area is 128 Å². The summed E-state index contributed by atoms with van der Waals surface area (Å²) in [6.07, 6.45) is 3.09. The normalized spacial score (nSPS) is 12.3. The van der Waals surface area contributed by atoms with Gasteiger partial charge in [-0.15, -0.1) is 0 Å². The first-order valence-electron chi connectivity index (χ1n) is 6.55. The minimum absolute atomic E-state index is 0.200. The van der Waals surface area contributed by atoms with Crippen molar-refractivity contribution in [2.24, 2.45) is 0 Å². The fraction of sp³-hybridized carbons (Fsp3) is 0.118. The van der Waals surface area contributed by atoms with Crippen LogP contribution in [0.4, 0.5) is 4.39 Å². The van der Waals surface area contributed by atoms with E-state index in [1.165, 1.54) is 18.2 Å². The molecule has 0 saturated heterocycles. The van der Waals surface area contributed by atoms with Gasteiger partial charge < -0.3 is 5.32 Å². The zero-order valence-electron chi connectivity index (χ0n) is 11.5. The molecule has 4 heteroatoms. The maximum absolute atomic E-state index is 12.8. The van der Waals surface area contributed by atoms with Crippen LogP contribution in [0.2, 0.25) is 5.02 Å². The fourth-order valence-electron chi connectivity index (χ4n) is 1.87. The number of rotatable bonds is 4. The topological polar surface area (TPSA) is 29.1 Å². The number of benzene rings is 2. The maximum atomic E-state index is 12.8. The predicted octanol–water partition coefficient (Wildman–Crippen LogP) is 4.37. The lowest BCUT2D eigenvalue weighted by Gasteiger charge is -2.12. The highest BCUT2D eigenvalue weighted by molar-refractivity contribution is 6.32. The molecule has 1 unspecified atom stereocenters. The number of carbonyl (C=O) groups is 1. The monoisotopic (exact) mass is 303 g/mol. The lowest BCUT2D eigenvalue weighted by molar-refractivity contribution is -0.117. The third-order valence-electron chi connectivity index (χ3n) is 3.05. The molecule has 0 saturated carbocycles. The molecule has 0 radical (unpaired) electrons. The lowest BCUT2D eigenvalue weighted by atomic mass is 10.1. The molecule has 2 aromatic carbocycles. The highest BCUT2D eigenvalue weighted by Crippen LogP contribution is 2.16. The highest BCUT2D eigenvalue weighted by atomic mass is 35.5. The number of hydrogen-bond donors (Lipinski definition) is 1. The van der Waals surface area contributed by atoms with Gasteiger partial charge in [0, 0.05) is 11.1 Å². The van der Waals surface area contributed by atoms with E-state index in [4.69, 9.17) is 11.6 Å². The Morgan fingerprint density at radius 3 is 2.52 bits per heavy atom. The molecule has 0 bridgehead atoms. The second kappa shape index (κ2) is 7.04. The molecule has 2 nitrogen and oxygen atoms in total. The third kappa shape index (κ3) is 4.43. The summed E-state index contributed by atoms with van der Waals surface area (Å²) in [5, 5.41) is 3.40. The van der Waals surface area contributed by atoms with Crippen molar-refractivity contribution < 1.29 is 9.18 Å². The van der Waals surface area contributed by atoms with Crippen molar-refractivity contribution in [2.45, 2.75) is 13.0 Å². The standard InChI is InChI=1S/C17H15ClFNO/c1-12(13-6-9-15(19)10-7-13)20-17(21)11-8-14-4-2-3-5-16(14)18/h2-12H,1H3,(H,20,21)/b11-8+. The van der Waals surface area contributed by atoms with Crippen LogP contribution in [0.25, 0.3) is 6.08 Å². The van der Waals surface area contributed by atoms with Gasteiger partial charge in [0.1, 0.15) is 5.82 Å². The van der Waals surface area contributed by atoms with Crippen LogP contribution in [0.15, 0.2) is 54.6 Å². The molecule has 108 valence electrons. The molecule has 0 spiro atoms. The summed E-state index contributed by atoms with van der Waals surface area (Å²) in [7, 11) is 0. The summed E-state index contributed by atoms with van der Waals surface area (Å²) in [5.41, 5.74) is 1.62. The first kappa shape index (κ1) is 15.3. The van der Waals surface area contributed by atoms with E-state index in [1.54, 1.807) is 24.3 Å². The molecular weight excluding hydrogens is 289 g/mol. The average molecular weight is 304 g/mol. The van der Waals surface area contributed by atoms with Crippen LogP contribution in [0.3, 0.4) is 0 Å². The van der Waals surface area contributed by atoms with Gasteiger partial charge >= 0.3 is 0 Å². The molecule has 0 aliphatic carbocycles. The summed E-state index contributed by atoms with van der Waals surface area (Å²) in [6, 6.07) is 13.1. The number of nitrogens with one attached hydrogen (secondary N) is 1. The molecule has 2 aromatic rings. The van der Waals surface area contributed by atoms with Gasteiger partial charge in [-0.2, -0.15) is 0 Å². The Bertz CT molecular complexity index is 652. The third-order valence-corrected chi connectivity index (χ3v) is 3.39. The number of amides is 1. The quantitative estimate of drug-likeness (QED) is 0.835. The van der Waals surface area contributed by atoms with Gasteiger partial charge in [-0.1, -0.05) is 41.9 Å². The van der Waals surface area contributed by atoms with Crippen molar-refractivity contribution in [3.05, 3.63) is 76.6 Å². The molecule has 1 N–H and O–H groups in total. The summed E-state index contributed by atoms with van der Waals surface area (Å²) in [6.45, 7) is 1.84. The molecular formula is C17H15ClFNO. The zero-order valence-corrected chi connectivity index (χ0v) is 12.3. The molecule has 0 heterocycles. The molecule has 21 heavy (non-hydrogen) atoms. The van der Waals surface area contributed by atoms with Gasteiger partial charge in [0.15, 0.2) is 0 Å². The Morgan fingerprint density at radius 1 is 1.19 bits per heavy atom. The van der Waals surface area contributed by atoms with E-state index in [0.717, 1.165) is 11.1 Å². The van der Waals surface area contributed by atoms with Gasteiger partial charge in [0.2, 0.25) is 5.91 Å². The van der Waals surface area contributed by atoms with Crippen molar-refractivity contribution in [2.75, 3.05) is 0 Å². The van der Waals surface area contributed by atoms with Crippen LogP contribution < -0.4 is 5.32 Å². The number of carbonyl (C=O) groups excluding carboxylic acids is 1. The van der Waals surface area contributed by atoms with Gasteiger partial charge in [-0.05, 0) is 42.3 Å². The first-order valence-corrected chi connectivity index (χ1v) is 6.92. The average Bonchev–Trinajstić information content (AvgIpc) is 2.47. The van der Waals surface area contributed by atoms with Crippen molar-refractivity contribution in [3.8, 4) is 0 Å². The molecule has 1 atom stereocenters. The summed E-state index contributed by atoms with van der Waals surface area (Å²) in [5.74, 6) is -0.525. The molecule has 0 aliphatic heterocycles. The van der Waals surface area contributed by atoms with E-state index >= 15 is 0 Å². The van der Waals surface area contributed by atoms with Crippen LogP contribution in [-0.2, 0) is 4.79 Å². The van der Waals surface area contributed by atoms with E-state index in [2.05, 4.69) is 5.32 Å². The number of halogens is 2. The summed E-state index contributed by atoms with van der Waals surface area (Å²) < 4.78 is 12.8. The van der Waals surface area contributed by atoms with E-state index < -0.39 is 0 Å². The SMILES string of the molecule is CC(NC(=O)/C=C/c1ccccc1Cl)c1ccc(F)cc1. The molecule has 2 rings (SSSR count). The molecule has 0 aliphatic rings. The first-order chi connectivity index (χ1) is 10.1. The fourth-order valence-corrected chi connectivity index (χ4v) is 2.07. The van der Waals surface area contributed by atoms with Gasteiger partial charge in [-0.3, -0.25) is 4.79 Å². The van der Waals surface area contributed by atoms with Crippen LogP contribution in [-0.4, -0.2) is 5.91 Å². The molecule has 1 amide bonds. The highest BCUT2D eigenvalue weighted by Gasteiger charge is 2.07. The van der Waals surface area contributed by atoms with E-state index in [0.29, 0.717) is 5.02 Å². The maximum Gasteiger partial charge on any atom is 0.244 e. The Balaban J connectivity index is 1.98. The van der Waals surface area contributed by atoms with Crippen LogP contribution in [0.5, 0.6) is 0 Å². The van der Waals surface area contributed by atoms with Gasteiger partial charge in [0.05, 0.1) is 6.04 Å². The minimum Gasteiger partial charge on any atom is -0.346 e. The second-order valence-electron chi connectivity index (χ2n) is 4.64. The van der Waals surface area contributed by atoms with Crippen molar-refractivity contribution in [3.63, 3.8) is 0 Å². The van der Waals surface area contributed by atoms with Gasteiger partial charge in [0.25, 0.3) is 0 Å². The molecule has 0 aromatic heterocycles. The van der Waals surface area contributed by atoms with Gasteiger partial charge in [-0.25, -0.2) is 4.39 Å². The molecule has 0 fully saturated rings. The Morgan fingerprint density at radius 2 is 1.86 bits per heavy atom. The summed E-state index contributed by atoms with van der Waals surface area (Å²) >= 11 is 6.01. The van der Waals surface area contributed by atoms with Crippen LogP contribution >= 0.6 is 11.6 Å². The summed E-state index contributed by atoms with van der Waals surface area (Å²) in [4.78, 5) is 11.9. The van der Waals surface area contributed by atoms with E-state index in [9.17, 15) is 9.18 Å². The van der Waals surface area contributed by atoms with Crippen molar-refractivity contribution in [1.29, 1.82) is 0 Å². The lowest BCUT2D eigenvalue weighted by Crippen LogP contribution is -2.24. The van der Waals surface area contributed by atoms with Crippen molar-refractivity contribution in [1.82, 2.24) is 5.32 Å². The second-order valence-corrected chi connectivity index (χ2v) is 5.04. The van der Waals surface area contributed by atoms with Crippen molar-refractivity contribution >= 4 is 23.6 Å². The van der Waals surface area contributed by atoms with E-state index in [-0.39, 0.29) is 17.8 Å². The number of hydrogen-bond acceptors (Lipinski definition) is 1. The predicted molar refractivity (Wildman–Crippen MR) is 83.4 cm³/mol. The largest absolute Gasteiger partial charge is 0.346 e. The van der Waals surface area contributed by atoms with Crippen LogP contribution in [0.1, 0.15) is 24.1 Å². The Hall–Kier alpha value is -2.13. The smallest absolute Gasteiger partial charge is 0.244 e. The van der Waals surface area contributed by atoms with Crippen LogP contribution in [0, 0.1) is 5.82 Å².